The number of rotatable bonds is 3. The third-order valence-corrected chi connectivity index (χ3v) is 16.9. The van der Waals surface area contributed by atoms with Crippen molar-refractivity contribution < 1.29 is 9.15 Å². The van der Waals surface area contributed by atoms with Crippen molar-refractivity contribution in [2.24, 2.45) is 0 Å². The predicted octanol–water partition coefficient (Wildman–Crippen LogP) is 16.7. The van der Waals surface area contributed by atoms with Crippen LogP contribution in [-0.4, -0.2) is 6.85 Å². The van der Waals surface area contributed by atoms with Crippen molar-refractivity contribution in [3.05, 3.63) is 185 Å². The van der Waals surface area contributed by atoms with Crippen LogP contribution in [0.25, 0.3) is 44.2 Å². The molecule has 9 aromatic rings. The molecule has 0 saturated carbocycles. The average Bonchev–Trinajstić information content (AvgIpc) is 3.69. The van der Waals surface area contributed by atoms with E-state index in [1.807, 2.05) is 0 Å². The molecule has 0 fully saturated rings. The van der Waals surface area contributed by atoms with Crippen LogP contribution in [0.4, 0.5) is 28.4 Å². The van der Waals surface area contributed by atoms with Gasteiger partial charge in [-0.1, -0.05) is 153 Å². The summed E-state index contributed by atoms with van der Waals surface area (Å²) in [6.45, 7) is 25.8. The second kappa shape index (κ2) is 14.5. The summed E-state index contributed by atoms with van der Waals surface area (Å²) in [5.41, 5.74) is 23.9. The molecule has 4 heterocycles. The van der Waals surface area contributed by atoms with Crippen molar-refractivity contribution in [1.29, 1.82) is 0 Å². The Morgan fingerprint density at radius 1 is 0.514 bits per heavy atom. The van der Waals surface area contributed by atoms with Crippen molar-refractivity contribution in [2.45, 2.75) is 111 Å². The Hall–Kier alpha value is -6.98. The van der Waals surface area contributed by atoms with E-state index in [9.17, 15) is 0 Å². The molecule has 13 rings (SSSR count). The molecule has 1 aromatic heterocycles. The normalized spacial score (nSPS) is 16.8. The van der Waals surface area contributed by atoms with Crippen molar-refractivity contribution in [3.8, 4) is 33.8 Å². The van der Waals surface area contributed by atoms with E-state index >= 15 is 0 Å². The molecule has 5 heteroatoms. The molecule has 346 valence electrons. The van der Waals surface area contributed by atoms with Gasteiger partial charge >= 0.3 is 6.85 Å². The summed E-state index contributed by atoms with van der Waals surface area (Å²) in [5.74, 6) is 1.83. The number of nitrogens with zero attached hydrogens (tertiary/aromatic N) is 2. The van der Waals surface area contributed by atoms with E-state index < -0.39 is 0 Å². The summed E-state index contributed by atoms with van der Waals surface area (Å²) in [5, 5.41) is 2.26. The number of anilines is 5. The average molecular weight is 913 g/mol. The molecule has 0 bridgehead atoms. The van der Waals surface area contributed by atoms with E-state index in [-0.39, 0.29) is 28.5 Å². The summed E-state index contributed by atoms with van der Waals surface area (Å²) < 4.78 is 13.9. The Balaban J connectivity index is 1.18. The lowest BCUT2D eigenvalue weighted by atomic mass is 9.43. The zero-order chi connectivity index (χ0) is 48.4. The van der Waals surface area contributed by atoms with Crippen LogP contribution in [0, 0.1) is 13.8 Å². The topological polar surface area (TPSA) is 28.9 Å². The third-order valence-electron chi connectivity index (χ3n) is 16.9. The van der Waals surface area contributed by atoms with Crippen LogP contribution in [-0.2, 0) is 21.7 Å². The quantitative estimate of drug-likeness (QED) is 0.165. The zero-order valence-electron chi connectivity index (χ0n) is 42.6. The number of benzene rings is 8. The summed E-state index contributed by atoms with van der Waals surface area (Å²) in [7, 11) is 0. The van der Waals surface area contributed by atoms with Crippen LogP contribution < -0.4 is 25.4 Å². The van der Waals surface area contributed by atoms with E-state index in [0.717, 1.165) is 56.9 Å². The van der Waals surface area contributed by atoms with E-state index in [2.05, 4.69) is 231 Å². The van der Waals surface area contributed by atoms with Gasteiger partial charge in [0.2, 0.25) is 0 Å². The van der Waals surface area contributed by atoms with Crippen molar-refractivity contribution in [1.82, 2.24) is 0 Å². The molecule has 8 aromatic carbocycles. The summed E-state index contributed by atoms with van der Waals surface area (Å²) >= 11 is 0. The van der Waals surface area contributed by atoms with Crippen LogP contribution in [0.5, 0.6) is 11.5 Å². The van der Waals surface area contributed by atoms with Crippen LogP contribution in [0.15, 0.2) is 150 Å². The summed E-state index contributed by atoms with van der Waals surface area (Å²) in [6, 6.07) is 55.0. The fraction of sp³-hybridized carbons (Fsp3) is 0.262. The number of furan rings is 1. The smallest absolute Gasteiger partial charge is 0.333 e. The Bertz CT molecular complexity index is 3700. The van der Waals surface area contributed by atoms with Gasteiger partial charge in [0.25, 0.3) is 0 Å². The second-order valence-electron chi connectivity index (χ2n) is 23.7. The van der Waals surface area contributed by atoms with Crippen LogP contribution in [0.2, 0.25) is 0 Å². The highest BCUT2D eigenvalue weighted by Crippen LogP contribution is 2.56. The fourth-order valence-corrected chi connectivity index (χ4v) is 12.8. The lowest BCUT2D eigenvalue weighted by Crippen LogP contribution is -2.62. The van der Waals surface area contributed by atoms with Gasteiger partial charge in [0.15, 0.2) is 0 Å². The number of fused-ring (bicyclic) bond motifs is 10. The molecule has 0 spiro atoms. The number of hydrogen-bond donors (Lipinski definition) is 0. The highest BCUT2D eigenvalue weighted by molar-refractivity contribution is 6.93. The molecule has 0 N–H and O–H groups in total. The molecule has 4 nitrogen and oxygen atoms in total. The van der Waals surface area contributed by atoms with E-state index in [1.54, 1.807) is 0 Å². The molecule has 0 amide bonds. The fourth-order valence-electron chi connectivity index (χ4n) is 12.8. The van der Waals surface area contributed by atoms with Gasteiger partial charge in [-0.2, -0.15) is 0 Å². The van der Waals surface area contributed by atoms with Crippen molar-refractivity contribution in [3.63, 3.8) is 0 Å². The minimum atomic E-state index is -0.334. The number of para-hydroxylation sites is 2. The number of aryl methyl sites for hydroxylation is 2. The third kappa shape index (κ3) is 6.15. The van der Waals surface area contributed by atoms with E-state index in [0.29, 0.717) is 0 Å². The number of ether oxygens (including phenoxy) is 1. The second-order valence-corrected chi connectivity index (χ2v) is 23.7. The first-order chi connectivity index (χ1) is 33.4. The Morgan fingerprint density at radius 3 is 2.00 bits per heavy atom. The Labute approximate surface area is 414 Å². The molecule has 0 saturated heterocycles. The molecule has 0 unspecified atom stereocenters. The first-order valence-corrected chi connectivity index (χ1v) is 25.4. The Kier molecular flexibility index (Phi) is 8.95. The van der Waals surface area contributed by atoms with Crippen LogP contribution >= 0.6 is 0 Å². The molecule has 4 aliphatic rings. The van der Waals surface area contributed by atoms with Gasteiger partial charge in [0.05, 0.1) is 0 Å². The highest BCUT2D eigenvalue weighted by atomic mass is 16.5. The standard InChI is InChI=1S/C65H61BN2O2/c1-38-29-46-44-33-45-42-21-15-17-23-57(42)69-59(45)36-54(44)68(52-26-25-41(62(3,4)5)32-43(52)40-19-13-12-14-20-40)66-51-34-50-60(70-58-24-18-16-22-47(58)65(50,10)11)37-55(51)67(56(30-38)61(46)66)53-35-49-48(31-39(53)2)63(6,7)27-28-64(49,8)9/h12-26,29-37H,27-28H2,1-11H3. The van der Waals surface area contributed by atoms with Crippen LogP contribution in [0.1, 0.15) is 114 Å². The van der Waals surface area contributed by atoms with Crippen molar-refractivity contribution >= 4 is 68.1 Å². The molecular weight excluding hydrogens is 852 g/mol. The Morgan fingerprint density at radius 2 is 1.23 bits per heavy atom. The maximum Gasteiger partial charge on any atom is 0.333 e. The first kappa shape index (κ1) is 43.1. The molecule has 0 atom stereocenters. The van der Waals surface area contributed by atoms with Gasteiger partial charge < -0.3 is 18.9 Å². The molecular formula is C65H61BN2O2. The zero-order valence-corrected chi connectivity index (χ0v) is 42.6. The predicted molar refractivity (Wildman–Crippen MR) is 295 cm³/mol. The minimum Gasteiger partial charge on any atom is -0.457 e. The number of hydrogen-bond acceptors (Lipinski definition) is 4. The van der Waals surface area contributed by atoms with Gasteiger partial charge in [0, 0.05) is 79.0 Å². The largest absolute Gasteiger partial charge is 0.457 e. The molecule has 0 radical (unpaired) electrons. The van der Waals surface area contributed by atoms with Gasteiger partial charge in [-0.3, -0.25) is 0 Å². The minimum absolute atomic E-state index is 0.0225. The molecule has 3 aliphatic heterocycles. The van der Waals surface area contributed by atoms with Gasteiger partial charge in [-0.15, -0.1) is 0 Å². The van der Waals surface area contributed by atoms with E-state index in [4.69, 9.17) is 9.15 Å². The van der Waals surface area contributed by atoms with Gasteiger partial charge in [-0.05, 0) is 135 Å². The van der Waals surface area contributed by atoms with Gasteiger partial charge in [-0.25, -0.2) is 0 Å². The molecule has 70 heavy (non-hydrogen) atoms. The lowest BCUT2D eigenvalue weighted by molar-refractivity contribution is 0.332. The SMILES string of the molecule is Cc1cc2c3c(c1)N(c1cc4c(cc1C)C(C)(C)CCC4(C)C)c1cc4c(cc1B3N(c1ccc(C(C)(C)C)cc1-c1ccccc1)c1cc3oc5ccccc5c3cc1-2)C(C)(C)c1ccccc1O4. The molecule has 1 aliphatic carbocycles. The van der Waals surface area contributed by atoms with Gasteiger partial charge in [0.1, 0.15) is 22.7 Å². The van der Waals surface area contributed by atoms with Crippen molar-refractivity contribution in [2.75, 3.05) is 9.71 Å². The monoisotopic (exact) mass is 912 g/mol. The lowest BCUT2D eigenvalue weighted by Gasteiger charge is -2.48. The maximum absolute atomic E-state index is 7.08. The van der Waals surface area contributed by atoms with Crippen LogP contribution in [0.3, 0.4) is 0 Å². The first-order valence-electron chi connectivity index (χ1n) is 25.4. The van der Waals surface area contributed by atoms with E-state index in [1.165, 1.54) is 89.9 Å². The summed E-state index contributed by atoms with van der Waals surface area (Å²) in [4.78, 5) is 5.30. The maximum atomic E-state index is 7.08. The summed E-state index contributed by atoms with van der Waals surface area (Å²) in [6.07, 6.45) is 2.31. The highest BCUT2D eigenvalue weighted by Gasteiger charge is 2.49.